The zero-order valence-corrected chi connectivity index (χ0v) is 14.2. The molecule has 134 valence electrons. The average molecular weight is 347 g/mol. The van der Waals surface area contributed by atoms with E-state index in [4.69, 9.17) is 49.6 Å². The van der Waals surface area contributed by atoms with Gasteiger partial charge in [-0.2, -0.15) is 0 Å². The maximum absolute atomic E-state index is 6.38. The minimum Gasteiger partial charge on any atom is -0.374 e. The molecule has 9 nitrogen and oxygen atoms in total. The molecule has 3 aliphatic rings. The third-order valence-electron chi connectivity index (χ3n) is 5.68. The zero-order chi connectivity index (χ0) is 16.9. The molecule has 14 N–H and O–H groups in total. The monoisotopic (exact) mass is 347 g/mol. The highest BCUT2D eigenvalue weighted by molar-refractivity contribution is 7.39. The van der Waals surface area contributed by atoms with Gasteiger partial charge < -0.3 is 49.6 Å². The van der Waals surface area contributed by atoms with Crippen molar-refractivity contribution in [1.82, 2.24) is 0 Å². The summed E-state index contributed by atoms with van der Waals surface area (Å²) in [6.07, 6.45) is -0.466. The van der Waals surface area contributed by atoms with Crippen molar-refractivity contribution in [3.8, 4) is 0 Å². The molecule has 2 saturated heterocycles. The van der Waals surface area contributed by atoms with Crippen LogP contribution in [0.4, 0.5) is 0 Å². The molecule has 9 unspecified atom stereocenters. The van der Waals surface area contributed by atoms with Crippen LogP contribution in [-0.4, -0.2) is 73.1 Å². The molecule has 0 radical (unpaired) electrons. The summed E-state index contributed by atoms with van der Waals surface area (Å²) in [4.78, 5) is 0. The molecule has 2 aliphatic heterocycles. The summed E-state index contributed by atoms with van der Waals surface area (Å²) in [6, 6.07) is -0.785. The van der Waals surface area contributed by atoms with E-state index < -0.39 is 5.54 Å². The predicted molar refractivity (Wildman–Crippen MR) is 90.9 cm³/mol. The van der Waals surface area contributed by atoms with E-state index in [2.05, 4.69) is 0 Å². The van der Waals surface area contributed by atoms with Crippen LogP contribution < -0.4 is 40.1 Å². The Labute approximate surface area is 138 Å². The Kier molecular flexibility index (Phi) is 4.99. The van der Waals surface area contributed by atoms with Gasteiger partial charge in [-0.3, -0.25) is 0 Å². The molecule has 23 heavy (non-hydrogen) atoms. The molecule has 11 atom stereocenters. The molecule has 0 aromatic rings. The lowest BCUT2D eigenvalue weighted by Crippen LogP contribution is -2.62. The van der Waals surface area contributed by atoms with E-state index in [1.165, 1.54) is 0 Å². The maximum Gasteiger partial charge on any atom is 0.0904 e. The Morgan fingerprint density at radius 2 is 1.74 bits per heavy atom. The highest BCUT2D eigenvalue weighted by Crippen LogP contribution is 2.53. The molecular weight excluding hydrogens is 317 g/mol. The Morgan fingerprint density at radius 1 is 1.04 bits per heavy atom. The molecule has 0 amide bonds. The van der Waals surface area contributed by atoms with Crippen molar-refractivity contribution in [2.24, 2.45) is 46.1 Å². The number of ether oxygens (including phenoxy) is 2. The summed E-state index contributed by atoms with van der Waals surface area (Å²) in [5.74, 6) is -0.155. The number of fused-ring (bicyclic) bond motifs is 1. The highest BCUT2D eigenvalue weighted by atomic mass is 31.1. The fourth-order valence-corrected chi connectivity index (χ4v) is 5.92. The van der Waals surface area contributed by atoms with Crippen LogP contribution >= 0.6 is 8.58 Å². The molecule has 3 rings (SSSR count). The summed E-state index contributed by atoms with van der Waals surface area (Å²) >= 11 is 0. The third kappa shape index (κ3) is 2.73. The molecule has 10 heteroatoms. The standard InChI is InChI=1S/C13H30N7O2P/c14-1-5-8(17)10(4(16)3-21-5)23-12-9(18)7-11(19)13(7,20)6(2-15)22-12/h4-12,23H,1-3,14-20H2/t4?,5?,6?,7?,8-,9?,10?,11?,12-,13?/m0/s1. The van der Waals surface area contributed by atoms with Gasteiger partial charge in [-0.25, -0.2) is 0 Å². The molecule has 0 spiro atoms. The van der Waals surface area contributed by atoms with Crippen molar-refractivity contribution in [2.45, 2.75) is 53.4 Å². The number of hydrogen-bond donors (Lipinski definition) is 7. The van der Waals surface area contributed by atoms with E-state index in [1.807, 2.05) is 0 Å². The van der Waals surface area contributed by atoms with Gasteiger partial charge >= 0.3 is 0 Å². The van der Waals surface area contributed by atoms with Gasteiger partial charge in [-0.1, -0.05) is 8.58 Å². The minimum atomic E-state index is -0.602. The van der Waals surface area contributed by atoms with Gasteiger partial charge in [0.1, 0.15) is 0 Å². The van der Waals surface area contributed by atoms with Crippen molar-refractivity contribution >= 4 is 8.58 Å². The molecule has 3 fully saturated rings. The van der Waals surface area contributed by atoms with Gasteiger partial charge in [-0.05, 0) is 0 Å². The molecule has 0 bridgehead atoms. The Morgan fingerprint density at radius 3 is 2.35 bits per heavy atom. The van der Waals surface area contributed by atoms with Crippen molar-refractivity contribution in [1.29, 1.82) is 0 Å². The second kappa shape index (κ2) is 6.42. The molecule has 0 aromatic carbocycles. The van der Waals surface area contributed by atoms with Crippen LogP contribution in [0, 0.1) is 5.92 Å². The first-order chi connectivity index (χ1) is 10.9. The van der Waals surface area contributed by atoms with Gasteiger partial charge in [0, 0.05) is 48.8 Å². The summed E-state index contributed by atoms with van der Waals surface area (Å²) in [5.41, 5.74) is 42.3. The SMILES string of the molecule is NCC1OCC(N)C(P[C@@H]2OC(CN)C3(N)C(N)C3C2N)[C@H]1N. The summed E-state index contributed by atoms with van der Waals surface area (Å²) in [6.45, 7) is 1.14. The average Bonchev–Trinajstić information content (AvgIpc) is 3.09. The van der Waals surface area contributed by atoms with E-state index in [9.17, 15) is 0 Å². The smallest absolute Gasteiger partial charge is 0.0904 e. The van der Waals surface area contributed by atoms with Crippen LogP contribution in [0.25, 0.3) is 0 Å². The van der Waals surface area contributed by atoms with Crippen molar-refractivity contribution in [2.75, 3.05) is 19.7 Å². The molecule has 0 aromatic heterocycles. The van der Waals surface area contributed by atoms with Crippen molar-refractivity contribution in [3.05, 3.63) is 0 Å². The summed E-state index contributed by atoms with van der Waals surface area (Å²) in [5, 5.41) is 0. The fraction of sp³-hybridized carbons (Fsp3) is 1.00. The van der Waals surface area contributed by atoms with E-state index in [1.54, 1.807) is 0 Å². The second-order valence-corrected chi connectivity index (χ2v) is 8.52. The summed E-state index contributed by atoms with van der Waals surface area (Å²) < 4.78 is 11.7. The van der Waals surface area contributed by atoms with E-state index in [-0.39, 0.29) is 53.8 Å². The molecule has 1 saturated carbocycles. The summed E-state index contributed by atoms with van der Waals surface area (Å²) in [7, 11) is 0.339. The predicted octanol–water partition coefficient (Wildman–Crippen LogP) is -4.29. The van der Waals surface area contributed by atoms with Gasteiger partial charge in [0.25, 0.3) is 0 Å². The van der Waals surface area contributed by atoms with Gasteiger partial charge in [0.2, 0.25) is 0 Å². The normalized spacial score (nSPS) is 56.7. The quantitative estimate of drug-likeness (QED) is 0.246. The Bertz CT molecular complexity index is 443. The first-order valence-corrected chi connectivity index (χ1v) is 9.26. The van der Waals surface area contributed by atoms with E-state index >= 15 is 0 Å². The number of hydrogen-bond acceptors (Lipinski definition) is 9. The van der Waals surface area contributed by atoms with Crippen molar-refractivity contribution < 1.29 is 9.47 Å². The highest BCUT2D eigenvalue weighted by Gasteiger charge is 2.70. The van der Waals surface area contributed by atoms with Gasteiger partial charge in [0.15, 0.2) is 0 Å². The first-order valence-electron chi connectivity index (χ1n) is 8.10. The third-order valence-corrected chi connectivity index (χ3v) is 7.72. The lowest BCUT2D eigenvalue weighted by Gasteiger charge is -2.44. The Hall–Kier alpha value is 0.0700. The van der Waals surface area contributed by atoms with Crippen LogP contribution in [0.2, 0.25) is 0 Å². The fourth-order valence-electron chi connectivity index (χ4n) is 4.09. The van der Waals surface area contributed by atoms with Crippen molar-refractivity contribution in [3.63, 3.8) is 0 Å². The largest absolute Gasteiger partial charge is 0.374 e. The van der Waals surface area contributed by atoms with Crippen LogP contribution in [-0.2, 0) is 9.47 Å². The van der Waals surface area contributed by atoms with E-state index in [0.29, 0.717) is 28.3 Å². The molecule has 1 aliphatic carbocycles. The van der Waals surface area contributed by atoms with Gasteiger partial charge in [0.05, 0.1) is 30.2 Å². The second-order valence-electron chi connectivity index (χ2n) is 6.95. The molecule has 2 heterocycles. The zero-order valence-electron chi connectivity index (χ0n) is 13.2. The van der Waals surface area contributed by atoms with Crippen LogP contribution in [0.5, 0.6) is 0 Å². The minimum absolute atomic E-state index is 0.0277. The lowest BCUT2D eigenvalue weighted by molar-refractivity contribution is -0.0320. The van der Waals surface area contributed by atoms with Crippen LogP contribution in [0.1, 0.15) is 0 Å². The van der Waals surface area contributed by atoms with Crippen LogP contribution in [0.3, 0.4) is 0 Å². The molecular formula is C13H30N7O2P. The lowest BCUT2D eigenvalue weighted by atomic mass is 9.99. The van der Waals surface area contributed by atoms with E-state index in [0.717, 1.165) is 0 Å². The first kappa shape index (κ1) is 17.9. The van der Waals surface area contributed by atoms with Gasteiger partial charge in [-0.15, -0.1) is 0 Å². The number of rotatable bonds is 4. The number of nitrogens with two attached hydrogens (primary N) is 7. The Balaban J connectivity index is 1.72. The maximum atomic E-state index is 6.38. The topological polar surface area (TPSA) is 201 Å². The van der Waals surface area contributed by atoms with Crippen LogP contribution in [0.15, 0.2) is 0 Å².